The molecule has 0 aromatic carbocycles. The molecule has 0 amide bonds. The first-order valence-corrected chi connectivity index (χ1v) is 7.13. The van der Waals surface area contributed by atoms with E-state index >= 15 is 0 Å². The Balaban J connectivity index is 1.88. The second-order valence-electron chi connectivity index (χ2n) is 5.45. The molecule has 2 aromatic heterocycles. The molecule has 0 spiro atoms. The smallest absolute Gasteiger partial charge is 0.255 e. The van der Waals surface area contributed by atoms with Crippen LogP contribution in [0.3, 0.4) is 0 Å². The van der Waals surface area contributed by atoms with Crippen molar-refractivity contribution in [3.8, 4) is 0 Å². The first-order chi connectivity index (χ1) is 9.15. The van der Waals surface area contributed by atoms with Gasteiger partial charge in [0.2, 0.25) is 0 Å². The van der Waals surface area contributed by atoms with Crippen LogP contribution in [-0.4, -0.2) is 26.1 Å². The molecule has 19 heavy (non-hydrogen) atoms. The Morgan fingerprint density at radius 2 is 2.26 bits per heavy atom. The maximum Gasteiger partial charge on any atom is 0.255 e. The van der Waals surface area contributed by atoms with E-state index in [1.807, 2.05) is 6.92 Å². The van der Waals surface area contributed by atoms with E-state index in [9.17, 15) is 0 Å². The zero-order chi connectivity index (χ0) is 13.5. The second-order valence-corrected chi connectivity index (χ2v) is 5.81. The molecular formula is C13H18ClN5. The largest absolute Gasteiger partial charge is 0.369 e. The Morgan fingerprint density at radius 3 is 2.95 bits per heavy atom. The van der Waals surface area contributed by atoms with Crippen molar-refractivity contribution in [2.24, 2.45) is 5.41 Å². The van der Waals surface area contributed by atoms with Crippen LogP contribution < -0.4 is 5.32 Å². The molecule has 6 heteroatoms. The molecule has 0 unspecified atom stereocenters. The first-order valence-electron chi connectivity index (χ1n) is 6.75. The molecule has 1 saturated carbocycles. The average Bonchev–Trinajstić information content (AvgIpc) is 2.99. The van der Waals surface area contributed by atoms with Crippen LogP contribution in [0.1, 0.15) is 38.2 Å². The molecule has 2 heterocycles. The van der Waals surface area contributed by atoms with Crippen LogP contribution in [0.4, 0.5) is 5.82 Å². The molecular weight excluding hydrogens is 262 g/mol. The van der Waals surface area contributed by atoms with Gasteiger partial charge in [0.25, 0.3) is 5.78 Å². The molecule has 1 fully saturated rings. The number of anilines is 1. The van der Waals surface area contributed by atoms with E-state index in [0.29, 0.717) is 16.3 Å². The Labute approximate surface area is 117 Å². The molecule has 5 nitrogen and oxygen atoms in total. The van der Waals surface area contributed by atoms with Gasteiger partial charge in [0.1, 0.15) is 17.3 Å². The van der Waals surface area contributed by atoms with Crippen molar-refractivity contribution in [3.63, 3.8) is 0 Å². The third-order valence-electron chi connectivity index (χ3n) is 3.97. The minimum atomic E-state index is 0.476. The highest BCUT2D eigenvalue weighted by Crippen LogP contribution is 2.49. The van der Waals surface area contributed by atoms with Crippen molar-refractivity contribution >= 4 is 23.2 Å². The molecule has 1 aliphatic rings. The van der Waals surface area contributed by atoms with Crippen molar-refractivity contribution in [1.82, 2.24) is 19.6 Å². The van der Waals surface area contributed by atoms with Gasteiger partial charge in [0.15, 0.2) is 0 Å². The SMILES string of the molecule is CCCC1(CNc2c(C)c(Cl)nc3ncnn23)CC1. The van der Waals surface area contributed by atoms with E-state index in [-0.39, 0.29) is 0 Å². The molecule has 0 saturated heterocycles. The van der Waals surface area contributed by atoms with Gasteiger partial charge >= 0.3 is 0 Å². The number of nitrogens with zero attached hydrogens (tertiary/aromatic N) is 4. The maximum absolute atomic E-state index is 6.14. The molecule has 102 valence electrons. The number of fused-ring (bicyclic) bond motifs is 1. The van der Waals surface area contributed by atoms with Crippen LogP contribution in [0.25, 0.3) is 5.78 Å². The zero-order valence-electron chi connectivity index (χ0n) is 11.3. The van der Waals surface area contributed by atoms with Crippen molar-refractivity contribution in [2.45, 2.75) is 39.5 Å². The maximum atomic E-state index is 6.14. The van der Waals surface area contributed by atoms with Crippen molar-refractivity contribution in [3.05, 3.63) is 17.0 Å². The number of nitrogens with one attached hydrogen (secondary N) is 1. The lowest BCUT2D eigenvalue weighted by Crippen LogP contribution is -2.18. The lowest BCUT2D eigenvalue weighted by molar-refractivity contribution is 0.484. The number of halogens is 1. The Bertz CT molecular complexity index is 602. The highest BCUT2D eigenvalue weighted by Gasteiger charge is 2.41. The normalized spacial score (nSPS) is 16.8. The molecule has 0 bridgehead atoms. The summed E-state index contributed by atoms with van der Waals surface area (Å²) in [5.74, 6) is 1.45. The monoisotopic (exact) mass is 279 g/mol. The molecule has 1 N–H and O–H groups in total. The van der Waals surface area contributed by atoms with Crippen LogP contribution in [0.5, 0.6) is 0 Å². The molecule has 0 aliphatic heterocycles. The quantitative estimate of drug-likeness (QED) is 0.855. The molecule has 2 aromatic rings. The van der Waals surface area contributed by atoms with Crippen LogP contribution in [0.15, 0.2) is 6.33 Å². The van der Waals surface area contributed by atoms with Gasteiger partial charge in [-0.05, 0) is 31.6 Å². The third kappa shape index (κ3) is 2.27. The summed E-state index contributed by atoms with van der Waals surface area (Å²) < 4.78 is 1.73. The van der Waals surface area contributed by atoms with Gasteiger partial charge < -0.3 is 5.32 Å². The van der Waals surface area contributed by atoms with Crippen LogP contribution in [0.2, 0.25) is 5.15 Å². The fourth-order valence-electron chi connectivity index (χ4n) is 2.60. The minimum absolute atomic E-state index is 0.476. The summed E-state index contributed by atoms with van der Waals surface area (Å²) in [6, 6.07) is 0. The predicted molar refractivity (Wildman–Crippen MR) is 75.6 cm³/mol. The summed E-state index contributed by atoms with van der Waals surface area (Å²) in [6.07, 6.45) is 6.63. The molecule has 3 rings (SSSR count). The van der Waals surface area contributed by atoms with Crippen molar-refractivity contribution in [1.29, 1.82) is 0 Å². The summed E-state index contributed by atoms with van der Waals surface area (Å²) in [6.45, 7) is 5.17. The molecule has 0 atom stereocenters. The topological polar surface area (TPSA) is 55.1 Å². The standard InChI is InChI=1S/C13H18ClN5/c1-3-4-13(5-6-13)7-15-11-9(2)10(14)18-12-16-8-17-19(11)12/h8,15H,3-7H2,1-2H3. The van der Waals surface area contributed by atoms with Gasteiger partial charge in [-0.2, -0.15) is 19.6 Å². The van der Waals surface area contributed by atoms with Gasteiger partial charge in [0, 0.05) is 12.1 Å². The molecule has 0 radical (unpaired) electrons. The van der Waals surface area contributed by atoms with Crippen LogP contribution >= 0.6 is 11.6 Å². The summed E-state index contributed by atoms with van der Waals surface area (Å²) in [5, 5.41) is 8.21. The highest BCUT2D eigenvalue weighted by atomic mass is 35.5. The van der Waals surface area contributed by atoms with Crippen molar-refractivity contribution in [2.75, 3.05) is 11.9 Å². The van der Waals surface area contributed by atoms with Gasteiger partial charge in [-0.3, -0.25) is 0 Å². The summed E-state index contributed by atoms with van der Waals surface area (Å²) in [7, 11) is 0. The Morgan fingerprint density at radius 1 is 1.47 bits per heavy atom. The zero-order valence-corrected chi connectivity index (χ0v) is 12.0. The van der Waals surface area contributed by atoms with Crippen molar-refractivity contribution < 1.29 is 0 Å². The minimum Gasteiger partial charge on any atom is -0.369 e. The predicted octanol–water partition coefficient (Wildman–Crippen LogP) is 3.08. The van der Waals surface area contributed by atoms with E-state index in [1.54, 1.807) is 4.52 Å². The summed E-state index contributed by atoms with van der Waals surface area (Å²) >= 11 is 6.14. The number of hydrogen-bond acceptors (Lipinski definition) is 4. The lowest BCUT2D eigenvalue weighted by atomic mass is 10.0. The Hall–Kier alpha value is -1.36. The number of aromatic nitrogens is 4. The third-order valence-corrected chi connectivity index (χ3v) is 4.34. The second kappa shape index (κ2) is 4.63. The average molecular weight is 280 g/mol. The van der Waals surface area contributed by atoms with E-state index < -0.39 is 0 Å². The van der Waals surface area contributed by atoms with E-state index in [1.165, 1.54) is 32.0 Å². The highest BCUT2D eigenvalue weighted by molar-refractivity contribution is 6.30. The van der Waals surface area contributed by atoms with Gasteiger partial charge in [0.05, 0.1) is 0 Å². The fraction of sp³-hybridized carbons (Fsp3) is 0.615. The first kappa shape index (κ1) is 12.7. The fourth-order valence-corrected chi connectivity index (χ4v) is 2.76. The lowest BCUT2D eigenvalue weighted by Gasteiger charge is -2.17. The van der Waals surface area contributed by atoms with Crippen LogP contribution in [-0.2, 0) is 0 Å². The Kier molecular flexibility index (Phi) is 3.09. The van der Waals surface area contributed by atoms with E-state index in [4.69, 9.17) is 11.6 Å². The summed E-state index contributed by atoms with van der Waals surface area (Å²) in [4.78, 5) is 8.30. The van der Waals surface area contributed by atoms with Gasteiger partial charge in [-0.1, -0.05) is 24.9 Å². The molecule has 1 aliphatic carbocycles. The van der Waals surface area contributed by atoms with Gasteiger partial charge in [-0.25, -0.2) is 0 Å². The van der Waals surface area contributed by atoms with E-state index in [2.05, 4.69) is 27.3 Å². The van der Waals surface area contributed by atoms with Crippen LogP contribution in [0, 0.1) is 12.3 Å². The number of rotatable bonds is 5. The van der Waals surface area contributed by atoms with Gasteiger partial charge in [-0.15, -0.1) is 0 Å². The van der Waals surface area contributed by atoms with E-state index in [0.717, 1.165) is 17.9 Å². The number of hydrogen-bond donors (Lipinski definition) is 1. The summed E-state index contributed by atoms with van der Waals surface area (Å²) in [5.41, 5.74) is 1.40.